The van der Waals surface area contributed by atoms with Gasteiger partial charge in [-0.1, -0.05) is 6.07 Å². The number of ether oxygens (including phenoxy) is 2. The average Bonchev–Trinajstić information content (AvgIpc) is 2.71. The SMILES string of the molecule is COc1ccc(CNc2nc(C)cc(N3CCC(C(=O)O)CC3)n2)cc1OC. The van der Waals surface area contributed by atoms with Gasteiger partial charge in [0.25, 0.3) is 0 Å². The molecule has 0 spiro atoms. The lowest BCUT2D eigenvalue weighted by Gasteiger charge is -2.31. The number of aliphatic carboxylic acids is 1. The third-order valence-electron chi connectivity index (χ3n) is 4.91. The van der Waals surface area contributed by atoms with E-state index in [1.54, 1.807) is 14.2 Å². The van der Waals surface area contributed by atoms with Crippen molar-refractivity contribution in [3.8, 4) is 11.5 Å². The van der Waals surface area contributed by atoms with Gasteiger partial charge in [0.2, 0.25) is 5.95 Å². The van der Waals surface area contributed by atoms with Crippen LogP contribution in [0, 0.1) is 12.8 Å². The van der Waals surface area contributed by atoms with Gasteiger partial charge in [-0.25, -0.2) is 4.98 Å². The van der Waals surface area contributed by atoms with E-state index in [1.807, 2.05) is 31.2 Å². The van der Waals surface area contributed by atoms with E-state index < -0.39 is 5.97 Å². The molecule has 1 saturated heterocycles. The molecule has 8 heteroatoms. The molecule has 2 heterocycles. The van der Waals surface area contributed by atoms with Crippen LogP contribution in [-0.4, -0.2) is 48.4 Å². The first-order chi connectivity index (χ1) is 13.5. The summed E-state index contributed by atoms with van der Waals surface area (Å²) in [6.07, 6.45) is 1.26. The molecule has 0 unspecified atom stereocenters. The number of aromatic nitrogens is 2. The molecular weight excluding hydrogens is 360 g/mol. The molecule has 28 heavy (non-hydrogen) atoms. The first kappa shape index (κ1) is 19.7. The maximum atomic E-state index is 11.1. The molecule has 2 N–H and O–H groups in total. The molecule has 0 amide bonds. The second-order valence-electron chi connectivity index (χ2n) is 6.83. The number of hydrogen-bond donors (Lipinski definition) is 2. The van der Waals surface area contributed by atoms with Gasteiger partial charge in [0.1, 0.15) is 5.82 Å². The van der Waals surface area contributed by atoms with Crippen LogP contribution in [0.2, 0.25) is 0 Å². The Bertz CT molecular complexity index is 835. The summed E-state index contributed by atoms with van der Waals surface area (Å²) in [5, 5.41) is 12.4. The third kappa shape index (κ3) is 4.62. The predicted molar refractivity (Wildman–Crippen MR) is 106 cm³/mol. The number of nitrogens with one attached hydrogen (secondary N) is 1. The number of benzene rings is 1. The minimum atomic E-state index is -0.712. The number of carboxylic acid groups (broad SMARTS) is 1. The van der Waals surface area contributed by atoms with Gasteiger partial charge in [0.15, 0.2) is 11.5 Å². The predicted octanol–water partition coefficient (Wildman–Crippen LogP) is 2.72. The van der Waals surface area contributed by atoms with E-state index in [-0.39, 0.29) is 5.92 Å². The Hall–Kier alpha value is -3.03. The zero-order chi connectivity index (χ0) is 20.1. The Morgan fingerprint density at radius 1 is 1.18 bits per heavy atom. The van der Waals surface area contributed by atoms with Gasteiger partial charge in [0.05, 0.1) is 20.1 Å². The van der Waals surface area contributed by atoms with Crippen LogP contribution < -0.4 is 19.7 Å². The number of piperidine rings is 1. The molecule has 3 rings (SSSR count). The molecule has 8 nitrogen and oxygen atoms in total. The molecule has 0 bridgehead atoms. The lowest BCUT2D eigenvalue weighted by atomic mass is 9.97. The van der Waals surface area contributed by atoms with Crippen molar-refractivity contribution in [2.24, 2.45) is 5.92 Å². The maximum absolute atomic E-state index is 11.1. The number of carboxylic acids is 1. The number of nitrogens with zero attached hydrogens (tertiary/aromatic N) is 3. The van der Waals surface area contributed by atoms with Crippen molar-refractivity contribution in [2.75, 3.05) is 37.5 Å². The standard InChI is InChI=1S/C20H26N4O4/c1-13-10-18(24-8-6-15(7-9-24)19(25)26)23-20(22-13)21-12-14-4-5-16(27-2)17(11-14)28-3/h4-5,10-11,15H,6-9,12H2,1-3H3,(H,25,26)(H,21,22,23). The minimum Gasteiger partial charge on any atom is -0.493 e. The number of methoxy groups -OCH3 is 2. The van der Waals surface area contributed by atoms with Gasteiger partial charge in [-0.3, -0.25) is 4.79 Å². The molecule has 1 aliphatic heterocycles. The molecule has 1 fully saturated rings. The first-order valence-corrected chi connectivity index (χ1v) is 9.28. The van der Waals surface area contributed by atoms with Gasteiger partial charge in [-0.15, -0.1) is 0 Å². The maximum Gasteiger partial charge on any atom is 0.306 e. The molecule has 0 radical (unpaired) electrons. The Balaban J connectivity index is 1.68. The van der Waals surface area contributed by atoms with E-state index in [2.05, 4.69) is 20.2 Å². The third-order valence-corrected chi connectivity index (χ3v) is 4.91. The van der Waals surface area contributed by atoms with Crippen LogP contribution in [0.4, 0.5) is 11.8 Å². The smallest absolute Gasteiger partial charge is 0.306 e. The molecule has 1 aromatic carbocycles. The van der Waals surface area contributed by atoms with Crippen LogP contribution in [-0.2, 0) is 11.3 Å². The zero-order valence-corrected chi connectivity index (χ0v) is 16.4. The fourth-order valence-electron chi connectivity index (χ4n) is 3.32. The van der Waals surface area contributed by atoms with Crippen molar-refractivity contribution in [1.29, 1.82) is 0 Å². The van der Waals surface area contributed by atoms with E-state index in [0.717, 1.165) is 17.1 Å². The molecule has 2 aromatic rings. The summed E-state index contributed by atoms with van der Waals surface area (Å²) >= 11 is 0. The van der Waals surface area contributed by atoms with E-state index in [9.17, 15) is 4.79 Å². The fourth-order valence-corrected chi connectivity index (χ4v) is 3.32. The molecular formula is C20H26N4O4. The van der Waals surface area contributed by atoms with Crippen LogP contribution in [0.1, 0.15) is 24.1 Å². The first-order valence-electron chi connectivity index (χ1n) is 9.28. The monoisotopic (exact) mass is 386 g/mol. The summed E-state index contributed by atoms with van der Waals surface area (Å²) < 4.78 is 10.6. The van der Waals surface area contributed by atoms with Crippen molar-refractivity contribution in [1.82, 2.24) is 9.97 Å². The van der Waals surface area contributed by atoms with Crippen LogP contribution in [0.25, 0.3) is 0 Å². The van der Waals surface area contributed by atoms with Crippen LogP contribution in [0.15, 0.2) is 24.3 Å². The normalized spacial score (nSPS) is 14.6. The second-order valence-corrected chi connectivity index (χ2v) is 6.83. The highest BCUT2D eigenvalue weighted by molar-refractivity contribution is 5.70. The molecule has 0 atom stereocenters. The number of hydrogen-bond acceptors (Lipinski definition) is 7. The van der Waals surface area contributed by atoms with Gasteiger partial charge >= 0.3 is 5.97 Å². The molecule has 1 aromatic heterocycles. The van der Waals surface area contributed by atoms with Crippen LogP contribution in [0.5, 0.6) is 11.5 Å². The van der Waals surface area contributed by atoms with E-state index in [1.165, 1.54) is 0 Å². The van der Waals surface area contributed by atoms with Gasteiger partial charge in [0, 0.05) is 31.4 Å². The summed E-state index contributed by atoms with van der Waals surface area (Å²) in [4.78, 5) is 22.3. The van der Waals surface area contributed by atoms with Gasteiger partial charge in [-0.2, -0.15) is 4.98 Å². The molecule has 0 aliphatic carbocycles. The van der Waals surface area contributed by atoms with Crippen molar-refractivity contribution < 1.29 is 19.4 Å². The number of rotatable bonds is 7. The topological polar surface area (TPSA) is 96.8 Å². The zero-order valence-electron chi connectivity index (χ0n) is 16.4. The van der Waals surface area contributed by atoms with Crippen molar-refractivity contribution in [3.63, 3.8) is 0 Å². The van der Waals surface area contributed by atoms with E-state index >= 15 is 0 Å². The summed E-state index contributed by atoms with van der Waals surface area (Å²) in [6.45, 7) is 3.84. The molecule has 150 valence electrons. The summed E-state index contributed by atoms with van der Waals surface area (Å²) in [5.74, 6) is 1.76. The summed E-state index contributed by atoms with van der Waals surface area (Å²) in [6, 6.07) is 7.68. The fraction of sp³-hybridized carbons (Fsp3) is 0.450. The van der Waals surface area contributed by atoms with Crippen molar-refractivity contribution in [3.05, 3.63) is 35.5 Å². The van der Waals surface area contributed by atoms with Gasteiger partial charge < -0.3 is 24.8 Å². The van der Waals surface area contributed by atoms with Crippen LogP contribution >= 0.6 is 0 Å². The van der Waals surface area contributed by atoms with Gasteiger partial charge in [-0.05, 0) is 37.5 Å². The summed E-state index contributed by atoms with van der Waals surface area (Å²) in [7, 11) is 3.22. The Kier molecular flexibility index (Phi) is 6.18. The van der Waals surface area contributed by atoms with Crippen molar-refractivity contribution >= 4 is 17.7 Å². The Morgan fingerprint density at radius 2 is 1.89 bits per heavy atom. The molecule has 0 saturated carbocycles. The average molecular weight is 386 g/mol. The highest BCUT2D eigenvalue weighted by atomic mass is 16.5. The number of aryl methyl sites for hydroxylation is 1. The quantitative estimate of drug-likeness (QED) is 0.750. The largest absolute Gasteiger partial charge is 0.493 e. The second kappa shape index (κ2) is 8.77. The lowest BCUT2D eigenvalue weighted by Crippen LogP contribution is -2.37. The van der Waals surface area contributed by atoms with E-state index in [0.29, 0.717) is 49.9 Å². The highest BCUT2D eigenvalue weighted by Crippen LogP contribution is 2.28. The lowest BCUT2D eigenvalue weighted by molar-refractivity contribution is -0.142. The number of carbonyl (C=O) groups is 1. The summed E-state index contributed by atoms with van der Waals surface area (Å²) in [5.41, 5.74) is 1.88. The Labute approximate surface area is 164 Å². The van der Waals surface area contributed by atoms with Crippen molar-refractivity contribution in [2.45, 2.75) is 26.3 Å². The van der Waals surface area contributed by atoms with E-state index in [4.69, 9.17) is 14.6 Å². The minimum absolute atomic E-state index is 0.262. The molecule has 1 aliphatic rings. The Morgan fingerprint density at radius 3 is 2.54 bits per heavy atom. The number of anilines is 2. The highest BCUT2D eigenvalue weighted by Gasteiger charge is 2.25. The van der Waals surface area contributed by atoms with Crippen LogP contribution in [0.3, 0.4) is 0 Å².